The van der Waals surface area contributed by atoms with Crippen LogP contribution >= 0.6 is 0 Å². The highest BCUT2D eigenvalue weighted by atomic mass is 16.3. The van der Waals surface area contributed by atoms with Gasteiger partial charge in [0, 0.05) is 25.5 Å². The van der Waals surface area contributed by atoms with E-state index in [1.54, 1.807) is 24.7 Å². The Hall–Kier alpha value is -2.04. The molecule has 0 aliphatic heterocycles. The maximum atomic E-state index is 11.6. The van der Waals surface area contributed by atoms with Gasteiger partial charge in [0.25, 0.3) is 5.91 Å². The number of nitrogens with zero attached hydrogens (tertiary/aromatic N) is 2. The normalized spacial score (nSPS) is 10.3. The topological polar surface area (TPSA) is 60.1 Å². The summed E-state index contributed by atoms with van der Waals surface area (Å²) in [5, 5.41) is 2.77. The molecule has 16 heavy (non-hydrogen) atoms. The molecule has 0 bridgehead atoms. The van der Waals surface area contributed by atoms with Crippen molar-refractivity contribution in [3.63, 3.8) is 0 Å². The third-order valence-electron chi connectivity index (χ3n) is 2.18. The second kappa shape index (κ2) is 4.65. The number of amides is 1. The lowest BCUT2D eigenvalue weighted by Crippen LogP contribution is -2.26. The lowest BCUT2D eigenvalue weighted by atomic mass is 10.4. The number of carbonyl (C=O) groups is 1. The van der Waals surface area contributed by atoms with E-state index in [2.05, 4.69) is 10.3 Å². The largest absolute Gasteiger partial charge is 0.456 e. The van der Waals surface area contributed by atoms with Crippen LogP contribution in [-0.2, 0) is 6.54 Å². The number of aromatic nitrogens is 2. The summed E-state index contributed by atoms with van der Waals surface area (Å²) < 4.78 is 7.10. The van der Waals surface area contributed by atoms with Gasteiger partial charge in [0.2, 0.25) is 0 Å². The highest BCUT2D eigenvalue weighted by Crippen LogP contribution is 2.05. The van der Waals surface area contributed by atoms with Gasteiger partial charge in [0.1, 0.15) is 5.76 Å². The van der Waals surface area contributed by atoms with E-state index in [0.29, 0.717) is 18.8 Å². The molecule has 0 aliphatic carbocycles. The van der Waals surface area contributed by atoms with E-state index in [1.807, 2.05) is 17.7 Å². The van der Waals surface area contributed by atoms with Crippen molar-refractivity contribution in [2.75, 3.05) is 6.54 Å². The molecular formula is C11H13N3O2. The van der Waals surface area contributed by atoms with E-state index < -0.39 is 0 Å². The summed E-state index contributed by atoms with van der Waals surface area (Å²) in [7, 11) is 0. The number of imidazole rings is 1. The van der Waals surface area contributed by atoms with Crippen LogP contribution in [0.3, 0.4) is 0 Å². The van der Waals surface area contributed by atoms with Gasteiger partial charge < -0.3 is 14.3 Å². The van der Waals surface area contributed by atoms with Gasteiger partial charge in [-0.3, -0.25) is 4.79 Å². The van der Waals surface area contributed by atoms with Crippen molar-refractivity contribution in [1.82, 2.24) is 14.9 Å². The van der Waals surface area contributed by atoms with Crippen molar-refractivity contribution in [3.8, 4) is 0 Å². The first-order valence-corrected chi connectivity index (χ1v) is 5.06. The van der Waals surface area contributed by atoms with Gasteiger partial charge in [0.05, 0.1) is 6.33 Å². The molecule has 0 fully saturated rings. The summed E-state index contributed by atoms with van der Waals surface area (Å²) in [5.41, 5.74) is 0. The lowest BCUT2D eigenvalue weighted by Gasteiger charge is -2.03. The SMILES string of the molecule is Cc1ccc(C(=O)NCCn2ccnc2)o1. The van der Waals surface area contributed by atoms with Gasteiger partial charge in [-0.2, -0.15) is 0 Å². The van der Waals surface area contributed by atoms with Crippen LogP contribution in [0.2, 0.25) is 0 Å². The fraction of sp³-hybridized carbons (Fsp3) is 0.273. The molecular weight excluding hydrogens is 206 g/mol. The van der Waals surface area contributed by atoms with E-state index in [9.17, 15) is 4.79 Å². The smallest absolute Gasteiger partial charge is 0.287 e. The molecule has 0 aromatic carbocycles. The zero-order valence-corrected chi connectivity index (χ0v) is 9.01. The van der Waals surface area contributed by atoms with Gasteiger partial charge in [-0.05, 0) is 19.1 Å². The minimum atomic E-state index is -0.187. The minimum Gasteiger partial charge on any atom is -0.456 e. The molecule has 2 aromatic heterocycles. The summed E-state index contributed by atoms with van der Waals surface area (Å²) in [5.74, 6) is 0.899. The Labute approximate surface area is 93.1 Å². The van der Waals surface area contributed by atoms with E-state index in [-0.39, 0.29) is 5.91 Å². The molecule has 0 atom stereocenters. The van der Waals surface area contributed by atoms with Gasteiger partial charge in [0.15, 0.2) is 5.76 Å². The maximum Gasteiger partial charge on any atom is 0.287 e. The van der Waals surface area contributed by atoms with E-state index in [4.69, 9.17) is 4.42 Å². The molecule has 0 aliphatic rings. The number of carbonyl (C=O) groups excluding carboxylic acids is 1. The fourth-order valence-electron chi connectivity index (χ4n) is 1.36. The zero-order chi connectivity index (χ0) is 11.4. The minimum absolute atomic E-state index is 0.187. The van der Waals surface area contributed by atoms with Crippen LogP contribution in [0.15, 0.2) is 35.3 Å². The molecule has 0 saturated heterocycles. The molecule has 2 heterocycles. The van der Waals surface area contributed by atoms with Crippen LogP contribution in [0.5, 0.6) is 0 Å². The van der Waals surface area contributed by atoms with Crippen LogP contribution in [0.25, 0.3) is 0 Å². The molecule has 5 heteroatoms. The van der Waals surface area contributed by atoms with Crippen LogP contribution in [0.4, 0.5) is 0 Å². The van der Waals surface area contributed by atoms with E-state index >= 15 is 0 Å². The third kappa shape index (κ3) is 2.50. The molecule has 2 rings (SSSR count). The quantitative estimate of drug-likeness (QED) is 0.840. The van der Waals surface area contributed by atoms with Crippen molar-refractivity contribution < 1.29 is 9.21 Å². The van der Waals surface area contributed by atoms with E-state index in [0.717, 1.165) is 5.76 Å². The second-order valence-electron chi connectivity index (χ2n) is 3.47. The Morgan fingerprint density at radius 2 is 2.44 bits per heavy atom. The predicted octanol–water partition coefficient (Wildman–Crippen LogP) is 1.21. The first kappa shape index (κ1) is 10.5. The van der Waals surface area contributed by atoms with Crippen molar-refractivity contribution in [2.24, 2.45) is 0 Å². The van der Waals surface area contributed by atoms with Gasteiger partial charge in [-0.15, -0.1) is 0 Å². The molecule has 84 valence electrons. The Morgan fingerprint density at radius 3 is 3.06 bits per heavy atom. The number of rotatable bonds is 4. The van der Waals surface area contributed by atoms with Crippen LogP contribution in [-0.4, -0.2) is 22.0 Å². The average molecular weight is 219 g/mol. The Kier molecular flexibility index (Phi) is 3.05. The first-order chi connectivity index (χ1) is 7.75. The molecule has 5 nitrogen and oxygen atoms in total. The Morgan fingerprint density at radius 1 is 1.56 bits per heavy atom. The molecule has 0 saturated carbocycles. The molecule has 1 N–H and O–H groups in total. The van der Waals surface area contributed by atoms with Gasteiger partial charge in [-0.1, -0.05) is 0 Å². The molecule has 1 amide bonds. The average Bonchev–Trinajstić information content (AvgIpc) is 2.89. The molecule has 0 unspecified atom stereocenters. The van der Waals surface area contributed by atoms with Crippen LogP contribution in [0.1, 0.15) is 16.3 Å². The maximum absolute atomic E-state index is 11.6. The van der Waals surface area contributed by atoms with Crippen LogP contribution < -0.4 is 5.32 Å². The Bertz CT molecular complexity index is 459. The van der Waals surface area contributed by atoms with Crippen molar-refractivity contribution in [1.29, 1.82) is 0 Å². The number of aryl methyl sites for hydroxylation is 1. The monoisotopic (exact) mass is 219 g/mol. The third-order valence-corrected chi connectivity index (χ3v) is 2.18. The van der Waals surface area contributed by atoms with Gasteiger partial charge in [-0.25, -0.2) is 4.98 Å². The molecule has 0 spiro atoms. The second-order valence-corrected chi connectivity index (χ2v) is 3.47. The summed E-state index contributed by atoms with van der Waals surface area (Å²) in [6.45, 7) is 3.06. The number of furan rings is 1. The standard InChI is InChI=1S/C11H13N3O2/c1-9-2-3-10(16-9)11(15)13-5-7-14-6-4-12-8-14/h2-4,6,8H,5,7H2,1H3,(H,13,15). The van der Waals surface area contributed by atoms with Crippen molar-refractivity contribution in [3.05, 3.63) is 42.4 Å². The first-order valence-electron chi connectivity index (χ1n) is 5.06. The number of nitrogens with one attached hydrogen (secondary N) is 1. The summed E-state index contributed by atoms with van der Waals surface area (Å²) in [4.78, 5) is 15.5. The zero-order valence-electron chi connectivity index (χ0n) is 9.01. The molecule has 0 radical (unpaired) electrons. The van der Waals surface area contributed by atoms with E-state index in [1.165, 1.54) is 0 Å². The van der Waals surface area contributed by atoms with Crippen LogP contribution in [0, 0.1) is 6.92 Å². The predicted molar refractivity (Wildman–Crippen MR) is 58.0 cm³/mol. The van der Waals surface area contributed by atoms with Gasteiger partial charge >= 0.3 is 0 Å². The summed E-state index contributed by atoms with van der Waals surface area (Å²) in [6.07, 6.45) is 5.27. The number of hydrogen-bond acceptors (Lipinski definition) is 3. The highest BCUT2D eigenvalue weighted by molar-refractivity contribution is 5.91. The lowest BCUT2D eigenvalue weighted by molar-refractivity contribution is 0.0923. The Balaban J connectivity index is 1.80. The fourth-order valence-corrected chi connectivity index (χ4v) is 1.36. The number of hydrogen-bond donors (Lipinski definition) is 1. The molecule has 2 aromatic rings. The summed E-state index contributed by atoms with van der Waals surface area (Å²) >= 11 is 0. The van der Waals surface area contributed by atoms with Crippen molar-refractivity contribution in [2.45, 2.75) is 13.5 Å². The van der Waals surface area contributed by atoms with Crippen molar-refractivity contribution >= 4 is 5.91 Å². The highest BCUT2D eigenvalue weighted by Gasteiger charge is 2.08. The summed E-state index contributed by atoms with van der Waals surface area (Å²) in [6, 6.07) is 3.44.